The van der Waals surface area contributed by atoms with E-state index < -0.39 is 28.4 Å². The third kappa shape index (κ3) is 4.11. The summed E-state index contributed by atoms with van der Waals surface area (Å²) in [6.45, 7) is 0.271. The van der Waals surface area contributed by atoms with Crippen molar-refractivity contribution in [3.05, 3.63) is 59.8 Å². The molecule has 2 aromatic rings. The number of aromatic amines is 1. The van der Waals surface area contributed by atoms with Crippen LogP contribution in [-0.4, -0.2) is 59.4 Å². The number of amidine groups is 1. The Morgan fingerprint density at radius 1 is 1.21 bits per heavy atom. The number of fused-ring (bicyclic) bond motifs is 2. The van der Waals surface area contributed by atoms with Crippen molar-refractivity contribution in [2.75, 3.05) is 18.8 Å². The number of quaternary nitrogens is 1. The lowest BCUT2D eigenvalue weighted by Crippen LogP contribution is -2.53. The molecule has 3 N–H and O–H groups in total. The van der Waals surface area contributed by atoms with Gasteiger partial charge in [-0.25, -0.2) is 12.7 Å². The van der Waals surface area contributed by atoms with Crippen LogP contribution < -0.4 is 5.84 Å². The van der Waals surface area contributed by atoms with Crippen molar-refractivity contribution in [1.82, 2.24) is 9.29 Å². The summed E-state index contributed by atoms with van der Waals surface area (Å²) in [6, 6.07) is 9.82. The Morgan fingerprint density at radius 3 is 2.65 bits per heavy atom. The third-order valence-corrected chi connectivity index (χ3v) is 8.34. The van der Waals surface area contributed by atoms with Crippen LogP contribution in [0, 0.1) is 5.92 Å². The molecule has 1 saturated heterocycles. The number of alkyl halides is 3. The molecule has 0 radical (unpaired) electrons. The van der Waals surface area contributed by atoms with Gasteiger partial charge < -0.3 is 4.98 Å². The SMILES string of the molecule is N[N+]12C=CN=CC1=C(C1CCN(S(=O)(=O)CCC(F)(F)F)CC1)N=C2c1cc2ccccc2[nH]1. The maximum Gasteiger partial charge on any atom is 0.390 e. The molecule has 1 aromatic heterocycles. The Balaban J connectivity index is 1.39. The highest BCUT2D eigenvalue weighted by molar-refractivity contribution is 7.89. The van der Waals surface area contributed by atoms with Gasteiger partial charge in [-0.05, 0) is 25.0 Å². The van der Waals surface area contributed by atoms with Gasteiger partial charge in [0.15, 0.2) is 0 Å². The monoisotopic (exact) mass is 493 g/mol. The molecule has 1 atom stereocenters. The number of halogens is 3. The third-order valence-electron chi connectivity index (χ3n) is 6.47. The molecular weight excluding hydrogens is 469 g/mol. The average Bonchev–Trinajstić information content (AvgIpc) is 3.35. The van der Waals surface area contributed by atoms with Crippen molar-refractivity contribution in [2.24, 2.45) is 21.7 Å². The highest BCUT2D eigenvalue weighted by Crippen LogP contribution is 2.38. The summed E-state index contributed by atoms with van der Waals surface area (Å²) in [5, 5.41) is 1.02. The molecule has 12 heteroatoms. The van der Waals surface area contributed by atoms with Gasteiger partial charge in [-0.2, -0.15) is 24.0 Å². The van der Waals surface area contributed by atoms with E-state index >= 15 is 0 Å². The van der Waals surface area contributed by atoms with Crippen LogP contribution in [0.15, 0.2) is 64.1 Å². The van der Waals surface area contributed by atoms with Gasteiger partial charge in [0.1, 0.15) is 17.6 Å². The van der Waals surface area contributed by atoms with Gasteiger partial charge in [-0.15, -0.1) is 4.59 Å². The summed E-state index contributed by atoms with van der Waals surface area (Å²) < 4.78 is 63.3. The van der Waals surface area contributed by atoms with Crippen molar-refractivity contribution in [3.8, 4) is 0 Å². The lowest BCUT2D eigenvalue weighted by molar-refractivity contribution is -0.750. The molecule has 1 aromatic carbocycles. The summed E-state index contributed by atoms with van der Waals surface area (Å²) in [7, 11) is -3.98. The van der Waals surface area contributed by atoms with Gasteiger partial charge in [0.05, 0.1) is 24.6 Å². The summed E-state index contributed by atoms with van der Waals surface area (Å²) in [5.41, 5.74) is 3.16. The van der Waals surface area contributed by atoms with Crippen molar-refractivity contribution < 1.29 is 26.2 Å². The summed E-state index contributed by atoms with van der Waals surface area (Å²) in [4.78, 5) is 12.5. The number of para-hydroxylation sites is 1. The van der Waals surface area contributed by atoms with Gasteiger partial charge in [-0.3, -0.25) is 4.99 Å². The van der Waals surface area contributed by atoms with Crippen LogP contribution in [0.2, 0.25) is 0 Å². The minimum Gasteiger partial charge on any atom is -0.349 e. The highest BCUT2D eigenvalue weighted by atomic mass is 32.2. The first kappa shape index (κ1) is 23.0. The molecule has 3 aliphatic rings. The molecular formula is C22H24F3N6O2S+. The number of aromatic nitrogens is 1. The summed E-state index contributed by atoms with van der Waals surface area (Å²) >= 11 is 0. The van der Waals surface area contributed by atoms with Crippen LogP contribution >= 0.6 is 0 Å². The van der Waals surface area contributed by atoms with Crippen LogP contribution in [0.25, 0.3) is 10.9 Å². The summed E-state index contributed by atoms with van der Waals surface area (Å²) in [5.74, 6) is 6.35. The van der Waals surface area contributed by atoms with Crippen LogP contribution in [0.4, 0.5) is 13.2 Å². The largest absolute Gasteiger partial charge is 0.390 e. The second kappa shape index (κ2) is 8.15. The highest BCUT2D eigenvalue weighted by Gasteiger charge is 2.47. The zero-order chi connectivity index (χ0) is 24.1. The first-order valence-electron chi connectivity index (χ1n) is 10.9. The predicted molar refractivity (Wildman–Crippen MR) is 123 cm³/mol. The van der Waals surface area contributed by atoms with E-state index in [1.807, 2.05) is 30.3 Å². The molecule has 0 spiro atoms. The number of sulfonamides is 1. The van der Waals surface area contributed by atoms with Gasteiger partial charge in [0.25, 0.3) is 5.84 Å². The predicted octanol–water partition coefficient (Wildman–Crippen LogP) is 3.38. The molecule has 0 amide bonds. The van der Waals surface area contributed by atoms with E-state index in [2.05, 4.69) is 9.98 Å². The van der Waals surface area contributed by atoms with Crippen molar-refractivity contribution in [3.63, 3.8) is 0 Å². The number of piperidine rings is 1. The lowest BCUT2D eigenvalue weighted by atomic mass is 9.93. The van der Waals surface area contributed by atoms with Gasteiger partial charge >= 0.3 is 6.18 Å². The number of hydrogen-bond donors (Lipinski definition) is 2. The first-order chi connectivity index (χ1) is 16.1. The molecule has 1 unspecified atom stereocenters. The van der Waals surface area contributed by atoms with E-state index in [1.165, 1.54) is 0 Å². The molecule has 34 heavy (non-hydrogen) atoms. The number of nitrogens with two attached hydrogens (primary N) is 1. The number of hydrogen-bond acceptors (Lipinski definition) is 5. The molecule has 0 aliphatic carbocycles. The van der Waals surface area contributed by atoms with Crippen LogP contribution in [0.1, 0.15) is 25.0 Å². The van der Waals surface area contributed by atoms with Crippen LogP contribution in [-0.2, 0) is 10.0 Å². The number of aliphatic imine (C=N–C) groups is 2. The van der Waals surface area contributed by atoms with Crippen LogP contribution in [0.3, 0.4) is 0 Å². The Labute approximate surface area is 194 Å². The van der Waals surface area contributed by atoms with E-state index in [0.717, 1.165) is 26.6 Å². The zero-order valence-corrected chi connectivity index (χ0v) is 19.0. The first-order valence-corrected chi connectivity index (χ1v) is 12.5. The van der Waals surface area contributed by atoms with Gasteiger partial charge in [-0.1, -0.05) is 18.2 Å². The quantitative estimate of drug-likeness (QED) is 0.493. The molecule has 1 fully saturated rings. The zero-order valence-electron chi connectivity index (χ0n) is 18.2. The molecule has 3 aliphatic heterocycles. The van der Waals surface area contributed by atoms with Gasteiger partial charge in [0, 0.05) is 29.9 Å². The maximum atomic E-state index is 12.5. The smallest absolute Gasteiger partial charge is 0.349 e. The van der Waals surface area contributed by atoms with Crippen LogP contribution in [0.5, 0.6) is 0 Å². The van der Waals surface area contributed by atoms with E-state index in [-0.39, 0.29) is 23.6 Å². The van der Waals surface area contributed by atoms with E-state index in [4.69, 9.17) is 10.8 Å². The van der Waals surface area contributed by atoms with E-state index in [0.29, 0.717) is 24.4 Å². The Morgan fingerprint density at radius 2 is 1.94 bits per heavy atom. The Hall–Kier alpha value is -2.80. The number of nitrogens with zero attached hydrogens (tertiary/aromatic N) is 4. The number of H-pyrrole nitrogens is 1. The second-order valence-electron chi connectivity index (χ2n) is 8.68. The standard InChI is InChI=1S/C22H24F3N6O2S/c23-22(24,25)7-12-34(32,33)30-9-5-15(6-10-30)20-19-14-27-8-11-31(19,26)21(29-20)18-13-16-3-1-2-4-17(16)28-18/h1-4,8,11,13-15,28H,5-7,9-10,12,26H2/q+1. The number of nitrogens with one attached hydrogen (secondary N) is 1. The molecule has 5 rings (SSSR count). The molecule has 4 heterocycles. The number of allylic oxidation sites excluding steroid dienone is 2. The fourth-order valence-electron chi connectivity index (χ4n) is 4.66. The van der Waals surface area contributed by atoms with Crippen molar-refractivity contribution in [2.45, 2.75) is 25.4 Å². The molecule has 0 bridgehead atoms. The molecule has 180 valence electrons. The minimum absolute atomic E-state index is 0.0926. The van der Waals surface area contributed by atoms with E-state index in [9.17, 15) is 21.6 Å². The van der Waals surface area contributed by atoms with E-state index in [1.54, 1.807) is 18.6 Å². The Kier molecular flexibility index (Phi) is 5.51. The fourth-order valence-corrected chi connectivity index (χ4v) is 6.18. The topological polar surface area (TPSA) is 104 Å². The molecule has 8 nitrogen and oxygen atoms in total. The van der Waals surface area contributed by atoms with Crippen molar-refractivity contribution in [1.29, 1.82) is 0 Å². The number of benzene rings is 1. The number of rotatable bonds is 5. The van der Waals surface area contributed by atoms with Crippen molar-refractivity contribution >= 4 is 33.0 Å². The summed E-state index contributed by atoms with van der Waals surface area (Å²) in [6.07, 6.45) is 0.0331. The maximum absolute atomic E-state index is 12.5. The molecule has 0 saturated carbocycles. The Bertz CT molecular complexity index is 1320. The fraction of sp³-hybridized carbons (Fsp3) is 0.364. The van der Waals surface area contributed by atoms with Gasteiger partial charge in [0.2, 0.25) is 15.7 Å². The minimum atomic E-state index is -4.51. The lowest BCUT2D eigenvalue weighted by Gasteiger charge is -2.31. The second-order valence-corrected chi connectivity index (χ2v) is 10.8. The normalized spacial score (nSPS) is 24.2. The average molecular weight is 494 g/mol.